The summed E-state index contributed by atoms with van der Waals surface area (Å²) in [6.07, 6.45) is 7.59. The Balaban J connectivity index is 1.53. The molecule has 152 valence electrons. The van der Waals surface area contributed by atoms with Crippen LogP contribution in [0.3, 0.4) is 0 Å². The first kappa shape index (κ1) is 21.1. The van der Waals surface area contributed by atoms with Crippen LogP contribution in [-0.4, -0.2) is 39.9 Å². The summed E-state index contributed by atoms with van der Waals surface area (Å²) in [6, 6.07) is 7.96. The van der Waals surface area contributed by atoms with Crippen LogP contribution in [0.25, 0.3) is 10.2 Å². The van der Waals surface area contributed by atoms with Gasteiger partial charge in [-0.2, -0.15) is 0 Å². The van der Waals surface area contributed by atoms with Gasteiger partial charge in [0.25, 0.3) is 0 Å². The minimum atomic E-state index is -0.0563. The molecule has 1 aliphatic carbocycles. The zero-order valence-corrected chi connectivity index (χ0v) is 18.1. The molecule has 1 aliphatic rings. The van der Waals surface area contributed by atoms with Gasteiger partial charge >= 0.3 is 6.03 Å². The molecule has 1 fully saturated rings. The number of hydrogen-bond donors (Lipinski definition) is 1. The van der Waals surface area contributed by atoms with Crippen molar-refractivity contribution in [3.63, 3.8) is 0 Å². The lowest BCUT2D eigenvalue weighted by atomic mass is 9.87. The Kier molecular flexibility index (Phi) is 8.15. The highest BCUT2D eigenvalue weighted by Gasteiger charge is 2.18. The SMILES string of the molecule is CC(=O)SCCN(CCC1CCCCC1)C(=O)NCc1nc2ccccc2s1. The van der Waals surface area contributed by atoms with E-state index in [2.05, 4.69) is 10.3 Å². The van der Waals surface area contributed by atoms with Gasteiger partial charge in [-0.25, -0.2) is 9.78 Å². The van der Waals surface area contributed by atoms with Crippen molar-refractivity contribution in [3.8, 4) is 0 Å². The largest absolute Gasteiger partial charge is 0.331 e. The van der Waals surface area contributed by atoms with Gasteiger partial charge in [0.2, 0.25) is 0 Å². The maximum absolute atomic E-state index is 12.8. The number of benzene rings is 1. The Hall–Kier alpha value is -1.60. The predicted octanol–water partition coefficient (Wildman–Crippen LogP) is 5.06. The highest BCUT2D eigenvalue weighted by Crippen LogP contribution is 2.26. The molecule has 3 rings (SSSR count). The topological polar surface area (TPSA) is 62.3 Å². The summed E-state index contributed by atoms with van der Waals surface area (Å²) in [5.41, 5.74) is 0.976. The lowest BCUT2D eigenvalue weighted by molar-refractivity contribution is -0.109. The molecule has 7 heteroatoms. The fraction of sp³-hybridized carbons (Fsp3) is 0.571. The fourth-order valence-corrected chi connectivity index (χ4v) is 5.19. The van der Waals surface area contributed by atoms with E-state index in [1.54, 1.807) is 18.3 Å². The summed E-state index contributed by atoms with van der Waals surface area (Å²) >= 11 is 2.90. The number of thioether (sulfide) groups is 1. The molecular weight excluding hydrogens is 390 g/mol. The summed E-state index contributed by atoms with van der Waals surface area (Å²) in [7, 11) is 0. The Labute approximate surface area is 175 Å². The van der Waals surface area contributed by atoms with Gasteiger partial charge in [0, 0.05) is 25.8 Å². The first-order valence-corrected chi connectivity index (χ1v) is 11.9. The summed E-state index contributed by atoms with van der Waals surface area (Å²) in [5, 5.41) is 4.04. The molecule has 0 bridgehead atoms. The molecule has 0 atom stereocenters. The molecule has 1 aromatic heterocycles. The van der Waals surface area contributed by atoms with Crippen molar-refractivity contribution < 1.29 is 9.59 Å². The number of para-hydroxylation sites is 1. The number of fused-ring (bicyclic) bond motifs is 1. The van der Waals surface area contributed by atoms with Crippen LogP contribution in [0.2, 0.25) is 0 Å². The minimum Gasteiger partial charge on any atom is -0.331 e. The van der Waals surface area contributed by atoms with Crippen LogP contribution >= 0.6 is 23.1 Å². The molecule has 0 radical (unpaired) electrons. The van der Waals surface area contributed by atoms with Gasteiger partial charge in [-0.15, -0.1) is 11.3 Å². The lowest BCUT2D eigenvalue weighted by Gasteiger charge is -2.27. The van der Waals surface area contributed by atoms with Crippen LogP contribution in [0.5, 0.6) is 0 Å². The first-order chi connectivity index (χ1) is 13.6. The third-order valence-corrected chi connectivity index (χ3v) is 7.04. The van der Waals surface area contributed by atoms with Gasteiger partial charge in [0.1, 0.15) is 5.01 Å². The molecule has 1 N–H and O–H groups in total. The van der Waals surface area contributed by atoms with Crippen LogP contribution in [0.4, 0.5) is 4.79 Å². The van der Waals surface area contributed by atoms with Crippen molar-refractivity contribution in [3.05, 3.63) is 29.3 Å². The molecule has 2 aromatic rings. The minimum absolute atomic E-state index is 0.0563. The summed E-state index contributed by atoms with van der Waals surface area (Å²) in [5.74, 6) is 1.38. The van der Waals surface area contributed by atoms with Crippen molar-refractivity contribution in [1.82, 2.24) is 15.2 Å². The maximum Gasteiger partial charge on any atom is 0.317 e. The van der Waals surface area contributed by atoms with Gasteiger partial charge in [0.15, 0.2) is 5.12 Å². The Bertz CT molecular complexity index is 754. The second-order valence-electron chi connectivity index (χ2n) is 7.35. The summed E-state index contributed by atoms with van der Waals surface area (Å²) in [4.78, 5) is 30.5. The van der Waals surface area contributed by atoms with E-state index >= 15 is 0 Å². The van der Waals surface area contributed by atoms with Crippen molar-refractivity contribution in [2.45, 2.75) is 52.0 Å². The number of carbonyl (C=O) groups excluding carboxylic acids is 2. The maximum atomic E-state index is 12.8. The molecule has 0 unspecified atom stereocenters. The first-order valence-electron chi connectivity index (χ1n) is 10.1. The number of nitrogens with zero attached hydrogens (tertiary/aromatic N) is 2. The van der Waals surface area contributed by atoms with E-state index < -0.39 is 0 Å². The molecule has 0 aliphatic heterocycles. The van der Waals surface area contributed by atoms with E-state index in [9.17, 15) is 9.59 Å². The molecular formula is C21H29N3O2S2. The number of aromatic nitrogens is 1. The van der Waals surface area contributed by atoms with E-state index in [0.29, 0.717) is 18.8 Å². The predicted molar refractivity (Wildman–Crippen MR) is 118 cm³/mol. The number of carbonyl (C=O) groups is 2. The molecule has 0 saturated heterocycles. The third kappa shape index (κ3) is 6.48. The second-order valence-corrected chi connectivity index (χ2v) is 9.74. The van der Waals surface area contributed by atoms with Crippen LogP contribution in [0.15, 0.2) is 24.3 Å². The van der Waals surface area contributed by atoms with E-state index in [0.717, 1.165) is 34.1 Å². The quantitative estimate of drug-likeness (QED) is 0.650. The van der Waals surface area contributed by atoms with Crippen LogP contribution < -0.4 is 5.32 Å². The molecule has 5 nitrogen and oxygen atoms in total. The number of urea groups is 1. The van der Waals surface area contributed by atoms with E-state index in [4.69, 9.17) is 0 Å². The van der Waals surface area contributed by atoms with Gasteiger partial charge < -0.3 is 10.2 Å². The number of thiazole rings is 1. The smallest absolute Gasteiger partial charge is 0.317 e. The Morgan fingerprint density at radius 1 is 1.21 bits per heavy atom. The Morgan fingerprint density at radius 2 is 2.00 bits per heavy atom. The number of rotatable bonds is 8. The van der Waals surface area contributed by atoms with E-state index in [-0.39, 0.29) is 11.1 Å². The monoisotopic (exact) mass is 419 g/mol. The molecule has 28 heavy (non-hydrogen) atoms. The number of nitrogens with one attached hydrogen (secondary N) is 1. The fourth-order valence-electron chi connectivity index (χ4n) is 3.69. The summed E-state index contributed by atoms with van der Waals surface area (Å²) in [6.45, 7) is 3.37. The van der Waals surface area contributed by atoms with Crippen LogP contribution in [-0.2, 0) is 11.3 Å². The van der Waals surface area contributed by atoms with Gasteiger partial charge in [-0.1, -0.05) is 56.0 Å². The lowest BCUT2D eigenvalue weighted by Crippen LogP contribution is -2.42. The standard InChI is InChI=1S/C21H29N3O2S2/c1-16(25)27-14-13-24(12-11-17-7-3-2-4-8-17)21(26)22-15-20-23-18-9-5-6-10-19(18)28-20/h5-6,9-10,17H,2-4,7-8,11-15H2,1H3,(H,22,26). The van der Waals surface area contributed by atoms with E-state index in [1.165, 1.54) is 43.9 Å². The van der Waals surface area contributed by atoms with Crippen LogP contribution in [0, 0.1) is 5.92 Å². The molecule has 1 saturated carbocycles. The highest BCUT2D eigenvalue weighted by molar-refractivity contribution is 8.13. The van der Waals surface area contributed by atoms with Crippen molar-refractivity contribution >= 4 is 44.5 Å². The average Bonchev–Trinajstić information content (AvgIpc) is 3.12. The van der Waals surface area contributed by atoms with Crippen molar-refractivity contribution in [1.29, 1.82) is 0 Å². The van der Waals surface area contributed by atoms with Gasteiger partial charge in [-0.05, 0) is 24.5 Å². The van der Waals surface area contributed by atoms with E-state index in [1.807, 2.05) is 29.2 Å². The Morgan fingerprint density at radius 3 is 2.75 bits per heavy atom. The zero-order chi connectivity index (χ0) is 19.8. The third-order valence-electron chi connectivity index (χ3n) is 5.21. The molecule has 0 spiro atoms. The van der Waals surface area contributed by atoms with Crippen molar-refractivity contribution in [2.24, 2.45) is 5.92 Å². The number of amides is 2. The van der Waals surface area contributed by atoms with Gasteiger partial charge in [-0.3, -0.25) is 4.79 Å². The molecule has 2 amide bonds. The van der Waals surface area contributed by atoms with Crippen LogP contribution in [0.1, 0.15) is 50.5 Å². The molecule has 1 aromatic carbocycles. The highest BCUT2D eigenvalue weighted by atomic mass is 32.2. The number of hydrogen-bond acceptors (Lipinski definition) is 5. The average molecular weight is 420 g/mol. The van der Waals surface area contributed by atoms with Crippen molar-refractivity contribution in [2.75, 3.05) is 18.8 Å². The zero-order valence-electron chi connectivity index (χ0n) is 16.5. The summed E-state index contributed by atoms with van der Waals surface area (Å²) < 4.78 is 1.14. The molecule has 1 heterocycles. The normalized spacial score (nSPS) is 14.9. The van der Waals surface area contributed by atoms with Gasteiger partial charge in [0.05, 0.1) is 16.8 Å². The second kappa shape index (κ2) is 10.8.